The summed E-state index contributed by atoms with van der Waals surface area (Å²) < 4.78 is 5.09. The molecule has 2 aromatic carbocycles. The Morgan fingerprint density at radius 2 is 0.879 bits per heavy atom. The molecule has 0 fully saturated rings. The van der Waals surface area contributed by atoms with Gasteiger partial charge in [0.25, 0.3) is 0 Å². The molecule has 2 rings (SSSR count). The first-order chi connectivity index (χ1) is 16.4. The summed E-state index contributed by atoms with van der Waals surface area (Å²) in [5.41, 5.74) is 2.91. The monoisotopic (exact) mass is 468 g/mol. The highest BCUT2D eigenvalue weighted by atomic mass is 28.2. The van der Waals surface area contributed by atoms with Crippen LogP contribution in [0.2, 0.25) is 0 Å². The topological polar surface area (TPSA) is 29.5 Å². The van der Waals surface area contributed by atoms with Crippen molar-refractivity contribution >= 4 is 10.0 Å². The minimum absolute atomic E-state index is 0.536. The largest absolute Gasteiger partial charge is 0.415 e. The molecule has 0 unspecified atom stereocenters. The van der Waals surface area contributed by atoms with Crippen molar-refractivity contribution in [2.45, 2.75) is 109 Å². The average Bonchev–Trinajstić information content (AvgIpc) is 2.86. The second-order valence-electron chi connectivity index (χ2n) is 9.50. The first-order valence-electron chi connectivity index (χ1n) is 13.7. The Balaban J connectivity index is 1.41. The predicted molar refractivity (Wildman–Crippen MR) is 145 cm³/mol. The molecule has 33 heavy (non-hydrogen) atoms. The van der Waals surface area contributed by atoms with Gasteiger partial charge in [-0.2, -0.15) is 0 Å². The molecule has 0 saturated heterocycles. The standard InChI is InChI=1S/C30H48O2Si/c31-33-32-27-21-13-11-9-7-5-3-1-2-4-6-8-10-12-20-26-30(28-22-16-14-17-23-28)29-24-18-15-19-25-29/h14-19,22-25,30-31H,1-13,20-21,26-27,33H2. The van der Waals surface area contributed by atoms with Gasteiger partial charge in [0.2, 0.25) is 0 Å². The van der Waals surface area contributed by atoms with Crippen molar-refractivity contribution < 1.29 is 9.22 Å². The van der Waals surface area contributed by atoms with E-state index in [4.69, 9.17) is 9.22 Å². The van der Waals surface area contributed by atoms with Crippen LogP contribution in [-0.4, -0.2) is 21.4 Å². The van der Waals surface area contributed by atoms with Gasteiger partial charge in [-0.15, -0.1) is 0 Å². The zero-order valence-corrected chi connectivity index (χ0v) is 22.3. The number of hydrogen-bond acceptors (Lipinski definition) is 2. The maximum atomic E-state index is 8.70. The van der Waals surface area contributed by atoms with Crippen LogP contribution in [0.1, 0.15) is 120 Å². The van der Waals surface area contributed by atoms with Crippen molar-refractivity contribution in [2.75, 3.05) is 6.61 Å². The third-order valence-electron chi connectivity index (χ3n) is 6.78. The fraction of sp³-hybridized carbons (Fsp3) is 0.600. The number of benzene rings is 2. The molecule has 184 valence electrons. The van der Waals surface area contributed by atoms with Crippen molar-refractivity contribution in [3.63, 3.8) is 0 Å². The van der Waals surface area contributed by atoms with E-state index in [-0.39, 0.29) is 0 Å². The van der Waals surface area contributed by atoms with Gasteiger partial charge in [-0.3, -0.25) is 0 Å². The van der Waals surface area contributed by atoms with E-state index in [0.29, 0.717) is 5.92 Å². The molecule has 0 amide bonds. The van der Waals surface area contributed by atoms with Gasteiger partial charge in [0, 0.05) is 12.5 Å². The second-order valence-corrected chi connectivity index (χ2v) is 10.2. The lowest BCUT2D eigenvalue weighted by Crippen LogP contribution is -2.01. The van der Waals surface area contributed by atoms with Crippen molar-refractivity contribution in [3.8, 4) is 0 Å². The Kier molecular flexibility index (Phi) is 16.9. The Morgan fingerprint density at radius 1 is 0.515 bits per heavy atom. The maximum absolute atomic E-state index is 8.70. The van der Waals surface area contributed by atoms with Gasteiger partial charge in [-0.05, 0) is 24.0 Å². The van der Waals surface area contributed by atoms with E-state index in [1.54, 1.807) is 0 Å². The summed E-state index contributed by atoms with van der Waals surface area (Å²) in [6.45, 7) is 0.768. The molecule has 0 aliphatic carbocycles. The van der Waals surface area contributed by atoms with Crippen LogP contribution in [0.5, 0.6) is 0 Å². The Morgan fingerprint density at radius 3 is 1.27 bits per heavy atom. The van der Waals surface area contributed by atoms with E-state index < -0.39 is 10.0 Å². The van der Waals surface area contributed by atoms with Crippen molar-refractivity contribution in [3.05, 3.63) is 71.8 Å². The summed E-state index contributed by atoms with van der Waals surface area (Å²) in [7, 11) is -1.17. The Labute approximate surface area is 206 Å². The number of unbranched alkanes of at least 4 members (excludes halogenated alkanes) is 14. The van der Waals surface area contributed by atoms with Crippen LogP contribution in [0.15, 0.2) is 60.7 Å². The van der Waals surface area contributed by atoms with Gasteiger partial charge in [0.05, 0.1) is 0 Å². The van der Waals surface area contributed by atoms with Gasteiger partial charge in [0.1, 0.15) is 0 Å². The van der Waals surface area contributed by atoms with Crippen molar-refractivity contribution in [1.29, 1.82) is 0 Å². The molecular weight excluding hydrogens is 420 g/mol. The van der Waals surface area contributed by atoms with Gasteiger partial charge < -0.3 is 9.22 Å². The van der Waals surface area contributed by atoms with Crippen LogP contribution in [-0.2, 0) is 4.43 Å². The summed E-state index contributed by atoms with van der Waals surface area (Å²) in [5, 5.41) is 0. The lowest BCUT2D eigenvalue weighted by Gasteiger charge is -2.18. The zero-order valence-electron chi connectivity index (χ0n) is 20.9. The minimum Gasteiger partial charge on any atom is -0.415 e. The molecule has 2 nitrogen and oxygen atoms in total. The highest BCUT2D eigenvalue weighted by molar-refractivity contribution is 6.15. The SMILES string of the molecule is O[SiH2]OCCCCCCCCCCCCCCCCCC(c1ccccc1)c1ccccc1. The lowest BCUT2D eigenvalue weighted by atomic mass is 9.87. The van der Waals surface area contributed by atoms with E-state index in [2.05, 4.69) is 60.7 Å². The summed E-state index contributed by atoms with van der Waals surface area (Å²) in [4.78, 5) is 8.70. The molecule has 0 heterocycles. The average molecular weight is 469 g/mol. The normalized spacial score (nSPS) is 11.7. The highest BCUT2D eigenvalue weighted by Gasteiger charge is 2.13. The molecule has 0 aromatic heterocycles. The summed E-state index contributed by atoms with van der Waals surface area (Å²) >= 11 is 0. The van der Waals surface area contributed by atoms with E-state index in [1.165, 1.54) is 107 Å². The third kappa shape index (κ3) is 13.8. The first-order valence-corrected chi connectivity index (χ1v) is 14.9. The Hall–Kier alpha value is -1.42. The first kappa shape index (κ1) is 27.8. The molecule has 1 N–H and O–H groups in total. The lowest BCUT2D eigenvalue weighted by molar-refractivity contribution is 0.274. The molecule has 0 spiro atoms. The van der Waals surface area contributed by atoms with Crippen LogP contribution in [0, 0.1) is 0 Å². The number of rotatable bonds is 21. The predicted octanol–water partition coefficient (Wildman–Crippen LogP) is 8.07. The molecule has 0 bridgehead atoms. The van der Waals surface area contributed by atoms with Crippen LogP contribution >= 0.6 is 0 Å². The minimum atomic E-state index is -1.17. The molecule has 0 aliphatic heterocycles. The van der Waals surface area contributed by atoms with Crippen LogP contribution in [0.3, 0.4) is 0 Å². The van der Waals surface area contributed by atoms with Crippen molar-refractivity contribution in [1.82, 2.24) is 0 Å². The fourth-order valence-electron chi connectivity index (χ4n) is 4.81. The Bertz CT molecular complexity index is 622. The summed E-state index contributed by atoms with van der Waals surface area (Å²) in [5.74, 6) is 0.536. The van der Waals surface area contributed by atoms with E-state index in [0.717, 1.165) is 13.0 Å². The smallest absolute Gasteiger partial charge is 0.301 e. The molecule has 0 saturated carbocycles. The van der Waals surface area contributed by atoms with Gasteiger partial charge in [0.15, 0.2) is 0 Å². The van der Waals surface area contributed by atoms with E-state index >= 15 is 0 Å². The second kappa shape index (κ2) is 20.0. The van der Waals surface area contributed by atoms with Crippen LogP contribution in [0.25, 0.3) is 0 Å². The highest BCUT2D eigenvalue weighted by Crippen LogP contribution is 2.30. The van der Waals surface area contributed by atoms with Gasteiger partial charge in [-0.1, -0.05) is 151 Å². The van der Waals surface area contributed by atoms with Crippen molar-refractivity contribution in [2.24, 2.45) is 0 Å². The molecule has 3 heteroatoms. The fourth-order valence-corrected chi connectivity index (χ4v) is 5.14. The molecule has 0 radical (unpaired) electrons. The van der Waals surface area contributed by atoms with Gasteiger partial charge >= 0.3 is 10.0 Å². The summed E-state index contributed by atoms with van der Waals surface area (Å²) in [6, 6.07) is 22.1. The molecule has 0 atom stereocenters. The summed E-state index contributed by atoms with van der Waals surface area (Å²) in [6.07, 6.45) is 21.7. The number of hydrogen-bond donors (Lipinski definition) is 1. The van der Waals surface area contributed by atoms with Crippen LogP contribution < -0.4 is 0 Å². The quantitative estimate of drug-likeness (QED) is 0.148. The molecule has 2 aromatic rings. The molecule has 0 aliphatic rings. The molecular formula is C30H48O2Si. The van der Waals surface area contributed by atoms with E-state index in [9.17, 15) is 0 Å². The van der Waals surface area contributed by atoms with Crippen LogP contribution in [0.4, 0.5) is 0 Å². The zero-order chi connectivity index (χ0) is 23.2. The van der Waals surface area contributed by atoms with Gasteiger partial charge in [-0.25, -0.2) is 0 Å². The van der Waals surface area contributed by atoms with E-state index in [1.807, 2.05) is 0 Å². The maximum Gasteiger partial charge on any atom is 0.301 e. The third-order valence-corrected chi connectivity index (χ3v) is 7.25.